The van der Waals surface area contributed by atoms with Crippen molar-refractivity contribution < 1.29 is 4.74 Å². The van der Waals surface area contributed by atoms with Gasteiger partial charge in [-0.3, -0.25) is 9.80 Å². The second-order valence-corrected chi connectivity index (χ2v) is 5.62. The van der Waals surface area contributed by atoms with Crippen LogP contribution in [0, 0.1) is 0 Å². The first-order valence-electron chi connectivity index (χ1n) is 6.94. The number of nitrogens with zero attached hydrogens (tertiary/aromatic N) is 2. The van der Waals surface area contributed by atoms with Gasteiger partial charge in [0.2, 0.25) is 0 Å². The highest BCUT2D eigenvalue weighted by Gasteiger charge is 2.35. The van der Waals surface area contributed by atoms with Crippen LogP contribution in [0.15, 0.2) is 0 Å². The van der Waals surface area contributed by atoms with Gasteiger partial charge in [-0.1, -0.05) is 0 Å². The molecule has 16 heavy (non-hydrogen) atoms. The molecule has 3 saturated heterocycles. The summed E-state index contributed by atoms with van der Waals surface area (Å²) in [5, 5.41) is 0. The quantitative estimate of drug-likeness (QED) is 0.704. The first kappa shape index (κ1) is 11.0. The molecule has 0 aromatic rings. The minimum atomic E-state index is 0.507. The summed E-state index contributed by atoms with van der Waals surface area (Å²) in [7, 11) is 0. The molecule has 0 radical (unpaired) electrons. The van der Waals surface area contributed by atoms with Crippen LogP contribution in [0.2, 0.25) is 0 Å². The number of piperazine rings is 1. The summed E-state index contributed by atoms with van der Waals surface area (Å²) in [6, 6.07) is 1.47. The fourth-order valence-electron chi connectivity index (χ4n) is 3.60. The molecule has 3 atom stereocenters. The Kier molecular flexibility index (Phi) is 3.18. The third-order valence-corrected chi connectivity index (χ3v) is 4.70. The van der Waals surface area contributed by atoms with Crippen molar-refractivity contribution in [2.45, 2.75) is 50.8 Å². The van der Waals surface area contributed by atoms with Crippen molar-refractivity contribution in [3.8, 4) is 0 Å². The highest BCUT2D eigenvalue weighted by atomic mass is 16.5. The summed E-state index contributed by atoms with van der Waals surface area (Å²) in [5.74, 6) is 0. The summed E-state index contributed by atoms with van der Waals surface area (Å²) in [4.78, 5) is 5.35. The number of hydrogen-bond acceptors (Lipinski definition) is 3. The van der Waals surface area contributed by atoms with Gasteiger partial charge in [0, 0.05) is 38.3 Å². The first-order chi connectivity index (χ1) is 7.84. The van der Waals surface area contributed by atoms with Gasteiger partial charge < -0.3 is 4.74 Å². The fourth-order valence-corrected chi connectivity index (χ4v) is 3.60. The lowest BCUT2D eigenvalue weighted by Crippen LogP contribution is -2.55. The minimum Gasteiger partial charge on any atom is -0.377 e. The van der Waals surface area contributed by atoms with Crippen molar-refractivity contribution in [2.24, 2.45) is 0 Å². The Morgan fingerprint density at radius 3 is 2.88 bits per heavy atom. The van der Waals surface area contributed by atoms with E-state index in [2.05, 4.69) is 16.7 Å². The van der Waals surface area contributed by atoms with Crippen LogP contribution < -0.4 is 0 Å². The van der Waals surface area contributed by atoms with Crippen LogP contribution in [0.3, 0.4) is 0 Å². The number of ether oxygens (including phenoxy) is 1. The molecule has 0 N–H and O–H groups in total. The largest absolute Gasteiger partial charge is 0.377 e. The van der Waals surface area contributed by atoms with Crippen LogP contribution in [-0.4, -0.2) is 60.8 Å². The standard InChI is InChI=1S/C13H24N2O/c1-11(13-5-3-9-16-13)15-8-7-14-6-2-4-12(14)10-15/h11-13H,2-10H2,1H3. The summed E-state index contributed by atoms with van der Waals surface area (Å²) in [6.45, 7) is 8.49. The number of fused-ring (bicyclic) bond motifs is 1. The van der Waals surface area contributed by atoms with Crippen LogP contribution in [0.4, 0.5) is 0 Å². The van der Waals surface area contributed by atoms with E-state index in [0.717, 1.165) is 12.6 Å². The van der Waals surface area contributed by atoms with Gasteiger partial charge in [0.25, 0.3) is 0 Å². The lowest BCUT2D eigenvalue weighted by Gasteiger charge is -2.42. The highest BCUT2D eigenvalue weighted by Crippen LogP contribution is 2.26. The molecule has 3 unspecified atom stereocenters. The van der Waals surface area contributed by atoms with E-state index < -0.39 is 0 Å². The monoisotopic (exact) mass is 224 g/mol. The number of rotatable bonds is 2. The van der Waals surface area contributed by atoms with Crippen LogP contribution in [-0.2, 0) is 4.74 Å². The third kappa shape index (κ3) is 2.01. The molecule has 3 aliphatic rings. The van der Waals surface area contributed by atoms with Crippen molar-refractivity contribution in [3.05, 3.63) is 0 Å². The van der Waals surface area contributed by atoms with Gasteiger partial charge in [0.1, 0.15) is 0 Å². The zero-order valence-electron chi connectivity index (χ0n) is 10.4. The molecule has 0 spiro atoms. The normalized spacial score (nSPS) is 38.8. The predicted octanol–water partition coefficient (Wildman–Crippen LogP) is 1.33. The third-order valence-electron chi connectivity index (χ3n) is 4.70. The fraction of sp³-hybridized carbons (Fsp3) is 1.00. The van der Waals surface area contributed by atoms with Crippen molar-refractivity contribution >= 4 is 0 Å². The zero-order valence-corrected chi connectivity index (χ0v) is 10.4. The molecule has 3 heteroatoms. The highest BCUT2D eigenvalue weighted by molar-refractivity contribution is 4.90. The van der Waals surface area contributed by atoms with E-state index in [1.165, 1.54) is 51.9 Å². The van der Waals surface area contributed by atoms with E-state index in [1.807, 2.05) is 0 Å². The van der Waals surface area contributed by atoms with Gasteiger partial charge in [0.05, 0.1) is 6.10 Å². The Bertz CT molecular complexity index is 240. The average molecular weight is 224 g/mol. The van der Waals surface area contributed by atoms with E-state index in [9.17, 15) is 0 Å². The summed E-state index contributed by atoms with van der Waals surface area (Å²) < 4.78 is 5.82. The molecule has 0 saturated carbocycles. The molecule has 3 aliphatic heterocycles. The molecule has 0 aliphatic carbocycles. The Hall–Kier alpha value is -0.120. The molecule has 3 heterocycles. The second-order valence-electron chi connectivity index (χ2n) is 5.62. The Labute approximate surface area is 98.7 Å². The van der Waals surface area contributed by atoms with Crippen LogP contribution in [0.1, 0.15) is 32.6 Å². The lowest BCUT2D eigenvalue weighted by molar-refractivity contribution is 0.0000825. The van der Waals surface area contributed by atoms with E-state index in [0.29, 0.717) is 12.1 Å². The molecular weight excluding hydrogens is 200 g/mol. The van der Waals surface area contributed by atoms with Crippen LogP contribution in [0.5, 0.6) is 0 Å². The first-order valence-corrected chi connectivity index (χ1v) is 6.94. The Balaban J connectivity index is 1.58. The molecule has 3 nitrogen and oxygen atoms in total. The summed E-state index contributed by atoms with van der Waals surface area (Å²) in [6.07, 6.45) is 5.86. The van der Waals surface area contributed by atoms with Crippen molar-refractivity contribution in [2.75, 3.05) is 32.8 Å². The van der Waals surface area contributed by atoms with Gasteiger partial charge in [-0.2, -0.15) is 0 Å². The molecule has 0 aromatic carbocycles. The van der Waals surface area contributed by atoms with Gasteiger partial charge in [-0.25, -0.2) is 0 Å². The molecule has 0 amide bonds. The maximum atomic E-state index is 5.82. The van der Waals surface area contributed by atoms with Crippen LogP contribution >= 0.6 is 0 Å². The molecular formula is C13H24N2O. The van der Waals surface area contributed by atoms with Crippen molar-refractivity contribution in [3.63, 3.8) is 0 Å². The van der Waals surface area contributed by atoms with Crippen molar-refractivity contribution in [1.82, 2.24) is 9.80 Å². The Morgan fingerprint density at radius 1 is 1.12 bits per heavy atom. The maximum absolute atomic E-state index is 5.82. The van der Waals surface area contributed by atoms with E-state index >= 15 is 0 Å². The topological polar surface area (TPSA) is 15.7 Å². The average Bonchev–Trinajstić information content (AvgIpc) is 2.98. The number of hydrogen-bond donors (Lipinski definition) is 0. The zero-order chi connectivity index (χ0) is 11.0. The van der Waals surface area contributed by atoms with Gasteiger partial charge in [-0.15, -0.1) is 0 Å². The maximum Gasteiger partial charge on any atom is 0.0728 e. The van der Waals surface area contributed by atoms with Crippen LogP contribution in [0.25, 0.3) is 0 Å². The predicted molar refractivity (Wildman–Crippen MR) is 64.6 cm³/mol. The molecule has 0 aromatic heterocycles. The van der Waals surface area contributed by atoms with E-state index in [4.69, 9.17) is 4.74 Å². The molecule has 0 bridgehead atoms. The SMILES string of the molecule is CC(C1CCCO1)N1CCN2CCCC2C1. The Morgan fingerprint density at radius 2 is 2.06 bits per heavy atom. The molecule has 3 fully saturated rings. The molecule has 92 valence electrons. The summed E-state index contributed by atoms with van der Waals surface area (Å²) >= 11 is 0. The minimum absolute atomic E-state index is 0.507. The summed E-state index contributed by atoms with van der Waals surface area (Å²) in [5.41, 5.74) is 0. The van der Waals surface area contributed by atoms with Gasteiger partial charge >= 0.3 is 0 Å². The van der Waals surface area contributed by atoms with E-state index in [1.54, 1.807) is 0 Å². The van der Waals surface area contributed by atoms with Gasteiger partial charge in [0.15, 0.2) is 0 Å². The van der Waals surface area contributed by atoms with E-state index in [-0.39, 0.29) is 0 Å². The lowest BCUT2D eigenvalue weighted by atomic mass is 10.0. The second kappa shape index (κ2) is 4.63. The smallest absolute Gasteiger partial charge is 0.0728 e. The van der Waals surface area contributed by atoms with Gasteiger partial charge in [-0.05, 0) is 39.2 Å². The van der Waals surface area contributed by atoms with Crippen molar-refractivity contribution in [1.29, 1.82) is 0 Å². The molecule has 3 rings (SSSR count).